The van der Waals surface area contributed by atoms with Crippen LogP contribution in [0.25, 0.3) is 0 Å². The quantitative estimate of drug-likeness (QED) is 0.625. The predicted octanol–water partition coefficient (Wildman–Crippen LogP) is 3.06. The molecule has 1 rings (SSSR count). The molecule has 17 heavy (non-hydrogen) atoms. The molecular formula is C12H11Cl2NO2. The molecule has 0 aliphatic rings. The second-order valence-electron chi connectivity index (χ2n) is 3.29. The van der Waals surface area contributed by atoms with Gasteiger partial charge in [-0.15, -0.1) is 11.6 Å². The van der Waals surface area contributed by atoms with Crippen LogP contribution in [0.3, 0.4) is 0 Å². The van der Waals surface area contributed by atoms with Crippen molar-refractivity contribution in [2.45, 2.75) is 19.2 Å². The molecule has 3 nitrogen and oxygen atoms in total. The van der Waals surface area contributed by atoms with Crippen LogP contribution in [0.5, 0.6) is 0 Å². The van der Waals surface area contributed by atoms with Crippen molar-refractivity contribution in [2.75, 3.05) is 6.61 Å². The Bertz CT molecular complexity index is 466. The summed E-state index contributed by atoms with van der Waals surface area (Å²) in [7, 11) is 0. The zero-order chi connectivity index (χ0) is 12.8. The number of halogens is 2. The van der Waals surface area contributed by atoms with Crippen LogP contribution < -0.4 is 0 Å². The van der Waals surface area contributed by atoms with Crippen molar-refractivity contribution < 1.29 is 9.53 Å². The number of nitrogens with zero attached hydrogens (tertiary/aromatic N) is 1. The highest BCUT2D eigenvalue weighted by molar-refractivity contribution is 6.33. The maximum absolute atomic E-state index is 11.4. The summed E-state index contributed by atoms with van der Waals surface area (Å²) in [6.07, 6.45) is -0.0136. The van der Waals surface area contributed by atoms with E-state index in [0.29, 0.717) is 28.3 Å². The molecule has 0 unspecified atom stereocenters. The van der Waals surface area contributed by atoms with E-state index in [4.69, 9.17) is 33.2 Å². The lowest BCUT2D eigenvalue weighted by Gasteiger charge is -2.09. The molecule has 0 atom stereocenters. The molecule has 0 amide bonds. The first-order valence-electron chi connectivity index (χ1n) is 5.06. The normalized spacial score (nSPS) is 9.76. The summed E-state index contributed by atoms with van der Waals surface area (Å²) in [5.41, 5.74) is 1.55. The molecule has 0 spiro atoms. The third-order valence-electron chi connectivity index (χ3n) is 2.21. The lowest BCUT2D eigenvalue weighted by atomic mass is 10.0. The van der Waals surface area contributed by atoms with E-state index >= 15 is 0 Å². The molecule has 5 heteroatoms. The van der Waals surface area contributed by atoms with Gasteiger partial charge < -0.3 is 4.74 Å². The lowest BCUT2D eigenvalue weighted by molar-refractivity contribution is -0.142. The Balaban J connectivity index is 3.11. The summed E-state index contributed by atoms with van der Waals surface area (Å²) in [5, 5.41) is 9.32. The summed E-state index contributed by atoms with van der Waals surface area (Å²) in [4.78, 5) is 11.4. The van der Waals surface area contributed by atoms with Crippen LogP contribution in [0.1, 0.15) is 23.6 Å². The van der Waals surface area contributed by atoms with Gasteiger partial charge in [0.25, 0.3) is 0 Å². The summed E-state index contributed by atoms with van der Waals surface area (Å²) in [5.74, 6) is -0.169. The fourth-order valence-electron chi connectivity index (χ4n) is 1.41. The standard InChI is InChI=1S/C12H11Cl2NO2/c1-2-17-11(16)5-10-9(7-15)4-3-8(6-13)12(10)14/h3-4H,2,5-6H2,1H3. The van der Waals surface area contributed by atoms with Crippen LogP contribution >= 0.6 is 23.2 Å². The first-order chi connectivity index (χ1) is 8.13. The number of esters is 1. The van der Waals surface area contributed by atoms with Gasteiger partial charge in [0, 0.05) is 5.88 Å². The average molecular weight is 272 g/mol. The van der Waals surface area contributed by atoms with Crippen LogP contribution in [0.2, 0.25) is 5.02 Å². The summed E-state index contributed by atoms with van der Waals surface area (Å²) in [6, 6.07) is 5.29. The van der Waals surface area contributed by atoms with Crippen molar-refractivity contribution in [2.24, 2.45) is 0 Å². The van der Waals surface area contributed by atoms with E-state index in [1.807, 2.05) is 6.07 Å². The van der Waals surface area contributed by atoms with E-state index in [1.165, 1.54) is 0 Å². The van der Waals surface area contributed by atoms with Gasteiger partial charge in [-0.05, 0) is 24.1 Å². The van der Waals surface area contributed by atoms with Crippen molar-refractivity contribution in [3.05, 3.63) is 33.8 Å². The first kappa shape index (κ1) is 13.8. The number of carbonyl (C=O) groups is 1. The number of hydrogen-bond acceptors (Lipinski definition) is 3. The minimum atomic E-state index is -0.405. The second kappa shape index (κ2) is 6.48. The van der Waals surface area contributed by atoms with Gasteiger partial charge in [0.2, 0.25) is 0 Å². The SMILES string of the molecule is CCOC(=O)Cc1c(C#N)ccc(CCl)c1Cl. The van der Waals surface area contributed by atoms with Gasteiger partial charge in [-0.1, -0.05) is 17.7 Å². The van der Waals surface area contributed by atoms with E-state index in [-0.39, 0.29) is 12.3 Å². The van der Waals surface area contributed by atoms with Gasteiger partial charge in [0.1, 0.15) is 0 Å². The Kier molecular flexibility index (Phi) is 5.27. The monoisotopic (exact) mass is 271 g/mol. The maximum atomic E-state index is 11.4. The lowest BCUT2D eigenvalue weighted by Crippen LogP contribution is -2.09. The van der Waals surface area contributed by atoms with Crippen LogP contribution in [-0.2, 0) is 21.8 Å². The van der Waals surface area contributed by atoms with Crippen molar-refractivity contribution in [1.29, 1.82) is 5.26 Å². The molecule has 0 aliphatic carbocycles. The molecule has 90 valence electrons. The summed E-state index contributed by atoms with van der Waals surface area (Å²) < 4.78 is 4.83. The third-order valence-corrected chi connectivity index (χ3v) is 2.97. The highest BCUT2D eigenvalue weighted by Gasteiger charge is 2.15. The number of nitriles is 1. The van der Waals surface area contributed by atoms with Crippen LogP contribution in [-0.4, -0.2) is 12.6 Å². The molecule has 0 saturated carbocycles. The van der Waals surface area contributed by atoms with Gasteiger partial charge in [-0.25, -0.2) is 0 Å². The zero-order valence-corrected chi connectivity index (χ0v) is 10.8. The molecule has 0 bridgehead atoms. The zero-order valence-electron chi connectivity index (χ0n) is 9.30. The molecule has 0 saturated heterocycles. The first-order valence-corrected chi connectivity index (χ1v) is 5.97. The Labute approximate surface area is 110 Å². The average Bonchev–Trinajstić information content (AvgIpc) is 2.32. The van der Waals surface area contributed by atoms with E-state index < -0.39 is 5.97 Å². The number of carbonyl (C=O) groups excluding carboxylic acids is 1. The van der Waals surface area contributed by atoms with Crippen molar-refractivity contribution in [1.82, 2.24) is 0 Å². The van der Waals surface area contributed by atoms with Crippen LogP contribution in [0, 0.1) is 11.3 Å². The van der Waals surface area contributed by atoms with Crippen LogP contribution in [0.15, 0.2) is 12.1 Å². The third kappa shape index (κ3) is 3.36. The second-order valence-corrected chi connectivity index (χ2v) is 3.94. The van der Waals surface area contributed by atoms with Gasteiger partial charge in [-0.2, -0.15) is 5.26 Å². The number of hydrogen-bond donors (Lipinski definition) is 0. The predicted molar refractivity (Wildman–Crippen MR) is 66.1 cm³/mol. The van der Waals surface area contributed by atoms with Gasteiger partial charge in [0.05, 0.1) is 29.7 Å². The largest absolute Gasteiger partial charge is 0.466 e. The number of ether oxygens (including phenoxy) is 1. The highest BCUT2D eigenvalue weighted by Crippen LogP contribution is 2.26. The molecule has 0 heterocycles. The Morgan fingerprint density at radius 2 is 2.24 bits per heavy atom. The van der Waals surface area contributed by atoms with Crippen LogP contribution in [0.4, 0.5) is 0 Å². The summed E-state index contributed by atoms with van der Waals surface area (Å²) in [6.45, 7) is 2.02. The topological polar surface area (TPSA) is 50.1 Å². The molecule has 0 aliphatic heterocycles. The molecule has 0 radical (unpaired) electrons. The van der Waals surface area contributed by atoms with Crippen molar-refractivity contribution in [3.8, 4) is 6.07 Å². The molecule has 0 N–H and O–H groups in total. The van der Waals surface area contributed by atoms with E-state index in [0.717, 1.165) is 0 Å². The molecule has 1 aromatic carbocycles. The fraction of sp³-hybridized carbons (Fsp3) is 0.333. The van der Waals surface area contributed by atoms with Gasteiger partial charge in [-0.3, -0.25) is 4.79 Å². The minimum Gasteiger partial charge on any atom is -0.466 e. The van der Waals surface area contributed by atoms with Crippen molar-refractivity contribution in [3.63, 3.8) is 0 Å². The highest BCUT2D eigenvalue weighted by atomic mass is 35.5. The van der Waals surface area contributed by atoms with E-state index in [1.54, 1.807) is 19.1 Å². The Morgan fingerprint density at radius 3 is 2.76 bits per heavy atom. The van der Waals surface area contributed by atoms with Gasteiger partial charge in [0.15, 0.2) is 0 Å². The smallest absolute Gasteiger partial charge is 0.310 e. The number of rotatable bonds is 4. The van der Waals surface area contributed by atoms with E-state index in [9.17, 15) is 4.79 Å². The Morgan fingerprint density at radius 1 is 1.53 bits per heavy atom. The number of alkyl halides is 1. The van der Waals surface area contributed by atoms with Crippen molar-refractivity contribution >= 4 is 29.2 Å². The molecule has 0 aromatic heterocycles. The van der Waals surface area contributed by atoms with Gasteiger partial charge >= 0.3 is 5.97 Å². The molecule has 1 aromatic rings. The maximum Gasteiger partial charge on any atom is 0.310 e. The Hall–Kier alpha value is -1.24. The molecular weight excluding hydrogens is 261 g/mol. The minimum absolute atomic E-state index is 0.0136. The molecule has 0 fully saturated rings. The number of benzene rings is 1. The summed E-state index contributed by atoms with van der Waals surface area (Å²) >= 11 is 11.8. The fourth-order valence-corrected chi connectivity index (χ4v) is 2.00. The van der Waals surface area contributed by atoms with E-state index in [2.05, 4.69) is 0 Å².